The summed E-state index contributed by atoms with van der Waals surface area (Å²) in [4.78, 5) is 23.7. The maximum atomic E-state index is 12.0. The van der Waals surface area contributed by atoms with Crippen molar-refractivity contribution in [2.24, 2.45) is 0 Å². The summed E-state index contributed by atoms with van der Waals surface area (Å²) in [7, 11) is 0. The molecule has 138 valence electrons. The Morgan fingerprint density at radius 1 is 1.23 bits per heavy atom. The molecule has 0 fully saturated rings. The number of urea groups is 1. The van der Waals surface area contributed by atoms with Crippen molar-refractivity contribution in [1.29, 1.82) is 0 Å². The molecular formula is C18H23N5O2S. The molecule has 0 aliphatic rings. The number of nitrogens with zero attached hydrogens (tertiary/aromatic N) is 3. The van der Waals surface area contributed by atoms with E-state index in [0.717, 1.165) is 5.56 Å². The van der Waals surface area contributed by atoms with Gasteiger partial charge in [-0.05, 0) is 20.8 Å². The number of allylic oxidation sites excluding steroid dienone is 1. The number of imide groups is 1. The van der Waals surface area contributed by atoms with Crippen molar-refractivity contribution in [3.05, 3.63) is 43.0 Å². The van der Waals surface area contributed by atoms with E-state index < -0.39 is 17.5 Å². The number of hydrogen-bond acceptors (Lipinski definition) is 5. The van der Waals surface area contributed by atoms with Crippen LogP contribution in [0.25, 0.3) is 11.4 Å². The molecular weight excluding hydrogens is 350 g/mol. The third-order valence-corrected chi connectivity index (χ3v) is 4.10. The molecule has 0 unspecified atom stereocenters. The van der Waals surface area contributed by atoms with E-state index in [-0.39, 0.29) is 5.75 Å². The molecule has 0 bridgehead atoms. The number of carbonyl (C=O) groups is 2. The smallest absolute Gasteiger partial charge is 0.321 e. The van der Waals surface area contributed by atoms with E-state index in [4.69, 9.17) is 0 Å². The molecule has 0 saturated heterocycles. The molecule has 26 heavy (non-hydrogen) atoms. The minimum Gasteiger partial charge on any atom is -0.333 e. The van der Waals surface area contributed by atoms with E-state index in [0.29, 0.717) is 17.5 Å². The summed E-state index contributed by atoms with van der Waals surface area (Å²) in [5.74, 6) is 0.367. The van der Waals surface area contributed by atoms with E-state index in [1.54, 1.807) is 6.08 Å². The molecule has 1 heterocycles. The zero-order valence-corrected chi connectivity index (χ0v) is 16.0. The van der Waals surface area contributed by atoms with Gasteiger partial charge >= 0.3 is 6.03 Å². The van der Waals surface area contributed by atoms with Crippen molar-refractivity contribution in [2.45, 2.75) is 38.0 Å². The highest BCUT2D eigenvalue weighted by Gasteiger charge is 2.18. The Labute approximate surface area is 157 Å². The van der Waals surface area contributed by atoms with Crippen molar-refractivity contribution in [2.75, 3.05) is 5.75 Å². The first-order valence-electron chi connectivity index (χ1n) is 8.14. The van der Waals surface area contributed by atoms with Gasteiger partial charge in [0.25, 0.3) is 0 Å². The first-order chi connectivity index (χ1) is 12.3. The molecule has 0 spiro atoms. The Morgan fingerprint density at radius 3 is 2.54 bits per heavy atom. The predicted molar refractivity (Wildman–Crippen MR) is 103 cm³/mol. The van der Waals surface area contributed by atoms with Gasteiger partial charge in [-0.3, -0.25) is 14.7 Å². The summed E-state index contributed by atoms with van der Waals surface area (Å²) in [6, 6.07) is 9.16. The van der Waals surface area contributed by atoms with Gasteiger partial charge in [-0.15, -0.1) is 16.8 Å². The molecule has 7 nitrogen and oxygen atoms in total. The highest BCUT2D eigenvalue weighted by atomic mass is 32.2. The number of nitrogens with one attached hydrogen (secondary N) is 2. The van der Waals surface area contributed by atoms with Crippen LogP contribution < -0.4 is 10.6 Å². The first-order valence-corrected chi connectivity index (χ1v) is 9.13. The highest BCUT2D eigenvalue weighted by molar-refractivity contribution is 7.99. The Hall–Kier alpha value is -2.61. The minimum absolute atomic E-state index is 0.0572. The summed E-state index contributed by atoms with van der Waals surface area (Å²) in [6.45, 7) is 9.81. The summed E-state index contributed by atoms with van der Waals surface area (Å²) >= 11 is 1.22. The van der Waals surface area contributed by atoms with Crippen molar-refractivity contribution in [1.82, 2.24) is 25.4 Å². The van der Waals surface area contributed by atoms with Crippen LogP contribution in [0.15, 0.2) is 48.1 Å². The van der Waals surface area contributed by atoms with Crippen LogP contribution in [-0.4, -0.2) is 38.0 Å². The molecule has 0 atom stereocenters. The standard InChI is InChI=1S/C18H23N5O2S/c1-5-11-23-15(13-9-7-6-8-10-13)21-22-17(23)26-12-14(24)19-16(25)20-18(2,3)4/h5-10H,1,11-12H2,2-4H3,(H2,19,20,24,25). The number of hydrogen-bond donors (Lipinski definition) is 2. The third kappa shape index (κ3) is 5.73. The maximum absolute atomic E-state index is 12.0. The average Bonchev–Trinajstić information content (AvgIpc) is 2.95. The van der Waals surface area contributed by atoms with Crippen LogP contribution in [0, 0.1) is 0 Å². The lowest BCUT2D eigenvalue weighted by Gasteiger charge is -2.20. The van der Waals surface area contributed by atoms with Gasteiger partial charge < -0.3 is 5.32 Å². The summed E-state index contributed by atoms with van der Waals surface area (Å²) in [6.07, 6.45) is 1.75. The molecule has 1 aromatic carbocycles. The minimum atomic E-state index is -0.513. The van der Waals surface area contributed by atoms with Crippen LogP contribution in [0.5, 0.6) is 0 Å². The second kappa shape index (κ2) is 8.66. The Balaban J connectivity index is 2.03. The topological polar surface area (TPSA) is 88.9 Å². The van der Waals surface area contributed by atoms with E-state index in [1.807, 2.05) is 55.7 Å². The van der Waals surface area contributed by atoms with Crippen LogP contribution in [0.3, 0.4) is 0 Å². The summed E-state index contributed by atoms with van der Waals surface area (Å²) in [5.41, 5.74) is 0.523. The molecule has 0 aliphatic carbocycles. The van der Waals surface area contributed by atoms with Crippen LogP contribution in [0.2, 0.25) is 0 Å². The number of amides is 3. The number of aromatic nitrogens is 3. The van der Waals surface area contributed by atoms with Gasteiger partial charge in [0.05, 0.1) is 5.75 Å². The van der Waals surface area contributed by atoms with Gasteiger partial charge in [-0.1, -0.05) is 48.2 Å². The lowest BCUT2D eigenvalue weighted by atomic mass is 10.1. The van der Waals surface area contributed by atoms with Crippen LogP contribution in [0.4, 0.5) is 4.79 Å². The molecule has 1 aromatic heterocycles. The lowest BCUT2D eigenvalue weighted by molar-refractivity contribution is -0.117. The number of rotatable bonds is 6. The monoisotopic (exact) mass is 373 g/mol. The molecule has 8 heteroatoms. The van der Waals surface area contributed by atoms with E-state index in [1.165, 1.54) is 11.8 Å². The second-order valence-corrected chi connectivity index (χ2v) is 7.55. The van der Waals surface area contributed by atoms with Gasteiger partial charge in [0.15, 0.2) is 11.0 Å². The highest BCUT2D eigenvalue weighted by Crippen LogP contribution is 2.23. The summed E-state index contributed by atoms with van der Waals surface area (Å²) in [5, 5.41) is 14.0. The average molecular weight is 373 g/mol. The van der Waals surface area contributed by atoms with Gasteiger partial charge in [0.1, 0.15) is 0 Å². The number of thioether (sulfide) groups is 1. The molecule has 2 N–H and O–H groups in total. The predicted octanol–water partition coefficient (Wildman–Crippen LogP) is 2.85. The first kappa shape index (κ1) is 19.7. The van der Waals surface area contributed by atoms with Crippen molar-refractivity contribution < 1.29 is 9.59 Å². The number of carbonyl (C=O) groups excluding carboxylic acids is 2. The largest absolute Gasteiger partial charge is 0.333 e. The van der Waals surface area contributed by atoms with Crippen molar-refractivity contribution >= 4 is 23.7 Å². The quantitative estimate of drug-likeness (QED) is 0.600. The Morgan fingerprint density at radius 2 is 1.92 bits per heavy atom. The van der Waals surface area contributed by atoms with Crippen LogP contribution >= 0.6 is 11.8 Å². The Kier molecular flexibility index (Phi) is 6.57. The fourth-order valence-corrected chi connectivity index (χ4v) is 2.90. The van der Waals surface area contributed by atoms with Gasteiger partial charge in [0.2, 0.25) is 5.91 Å². The molecule has 0 radical (unpaired) electrons. The zero-order valence-electron chi connectivity index (χ0n) is 15.2. The Bertz CT molecular complexity index is 781. The maximum Gasteiger partial charge on any atom is 0.321 e. The zero-order chi connectivity index (χ0) is 19.2. The molecule has 0 saturated carbocycles. The van der Waals surface area contributed by atoms with Gasteiger partial charge in [-0.25, -0.2) is 4.79 Å². The SMILES string of the molecule is C=CCn1c(SCC(=O)NC(=O)NC(C)(C)C)nnc1-c1ccccc1. The molecule has 2 rings (SSSR count). The molecule has 0 aliphatic heterocycles. The van der Waals surface area contributed by atoms with Gasteiger partial charge in [-0.2, -0.15) is 0 Å². The van der Waals surface area contributed by atoms with Crippen molar-refractivity contribution in [3.8, 4) is 11.4 Å². The normalized spacial score (nSPS) is 11.0. The molecule has 2 aromatic rings. The van der Waals surface area contributed by atoms with E-state index in [9.17, 15) is 9.59 Å². The van der Waals surface area contributed by atoms with Crippen LogP contribution in [-0.2, 0) is 11.3 Å². The lowest BCUT2D eigenvalue weighted by Crippen LogP contribution is -2.48. The summed E-state index contributed by atoms with van der Waals surface area (Å²) < 4.78 is 1.88. The molecule has 3 amide bonds. The second-order valence-electron chi connectivity index (χ2n) is 6.61. The fourth-order valence-electron chi connectivity index (χ4n) is 2.15. The van der Waals surface area contributed by atoms with Crippen LogP contribution in [0.1, 0.15) is 20.8 Å². The fraction of sp³-hybridized carbons (Fsp3) is 0.333. The van der Waals surface area contributed by atoms with E-state index in [2.05, 4.69) is 27.4 Å². The third-order valence-electron chi connectivity index (χ3n) is 3.13. The van der Waals surface area contributed by atoms with E-state index >= 15 is 0 Å². The van der Waals surface area contributed by atoms with Gasteiger partial charge in [0, 0.05) is 17.6 Å². The van der Waals surface area contributed by atoms with Crippen molar-refractivity contribution in [3.63, 3.8) is 0 Å². The number of benzene rings is 1.